The molecule has 0 saturated carbocycles. The molecule has 33 heavy (non-hydrogen) atoms. The van der Waals surface area contributed by atoms with Crippen molar-refractivity contribution in [2.24, 2.45) is 0 Å². The highest BCUT2D eigenvalue weighted by molar-refractivity contribution is 6.39. The lowest BCUT2D eigenvalue weighted by Crippen LogP contribution is -2.43. The number of ether oxygens (including phenoxy) is 3. The van der Waals surface area contributed by atoms with Crippen LogP contribution >= 0.6 is 23.2 Å². The number of nitrogens with zero attached hydrogens (tertiary/aromatic N) is 1. The van der Waals surface area contributed by atoms with Crippen LogP contribution in [0.1, 0.15) is 15.9 Å². The number of hydrogen-bond acceptors (Lipinski definition) is 7. The highest BCUT2D eigenvalue weighted by Crippen LogP contribution is 2.42. The van der Waals surface area contributed by atoms with Crippen LogP contribution in [0.4, 0.5) is 0 Å². The first-order valence-corrected chi connectivity index (χ1v) is 11.0. The van der Waals surface area contributed by atoms with Crippen LogP contribution in [-0.4, -0.2) is 75.5 Å². The SMILES string of the molecule is COC(=O)C(Cc1ccccc1)NC(=O)c1cc(Cl)c(OCCOCCN(C)C)c(Cl)c1O. The predicted molar refractivity (Wildman–Crippen MR) is 126 cm³/mol. The number of esters is 1. The van der Waals surface area contributed by atoms with Gasteiger partial charge in [0.1, 0.15) is 17.7 Å². The number of aromatic hydroxyl groups is 1. The molecule has 2 N–H and O–H groups in total. The maximum Gasteiger partial charge on any atom is 0.328 e. The van der Waals surface area contributed by atoms with Crippen molar-refractivity contribution in [2.45, 2.75) is 12.5 Å². The molecule has 1 unspecified atom stereocenters. The molecular formula is C23H28Cl2N2O6. The molecule has 0 spiro atoms. The Bertz CT molecular complexity index is 940. The van der Waals surface area contributed by atoms with Crippen molar-refractivity contribution in [3.63, 3.8) is 0 Å². The Morgan fingerprint density at radius 1 is 1.12 bits per heavy atom. The highest BCUT2D eigenvalue weighted by atomic mass is 35.5. The Kier molecular flexibility index (Phi) is 10.7. The van der Waals surface area contributed by atoms with E-state index in [1.807, 2.05) is 49.3 Å². The lowest BCUT2D eigenvalue weighted by atomic mass is 10.1. The summed E-state index contributed by atoms with van der Waals surface area (Å²) in [6, 6.07) is 9.39. The summed E-state index contributed by atoms with van der Waals surface area (Å²) in [5.74, 6) is -1.83. The number of rotatable bonds is 12. The van der Waals surface area contributed by atoms with Gasteiger partial charge in [0, 0.05) is 13.0 Å². The number of hydrogen-bond donors (Lipinski definition) is 2. The lowest BCUT2D eigenvalue weighted by molar-refractivity contribution is -0.142. The minimum atomic E-state index is -0.975. The number of carbonyl (C=O) groups is 2. The van der Waals surface area contributed by atoms with E-state index in [-0.39, 0.29) is 34.4 Å². The maximum atomic E-state index is 12.8. The number of phenols is 1. The van der Waals surface area contributed by atoms with Crippen molar-refractivity contribution in [3.05, 3.63) is 57.6 Å². The minimum Gasteiger partial charge on any atom is -0.505 e. The molecule has 1 atom stereocenters. The number of nitrogens with one attached hydrogen (secondary N) is 1. The Labute approximate surface area is 203 Å². The third-order valence-electron chi connectivity index (χ3n) is 4.63. The van der Waals surface area contributed by atoms with Crippen LogP contribution in [0, 0.1) is 0 Å². The molecule has 0 aliphatic heterocycles. The lowest BCUT2D eigenvalue weighted by Gasteiger charge is -2.18. The summed E-state index contributed by atoms with van der Waals surface area (Å²) in [4.78, 5) is 27.0. The molecule has 1 amide bonds. The van der Waals surface area contributed by atoms with Gasteiger partial charge in [-0.2, -0.15) is 0 Å². The first-order valence-electron chi connectivity index (χ1n) is 10.2. The standard InChI is InChI=1S/C23H28Cl2N2O6/c1-27(2)9-10-32-11-12-33-21-17(24)14-16(20(28)19(21)25)22(29)26-18(23(30)31-3)13-15-7-5-4-6-8-15/h4-8,14,18,28H,9-13H2,1-3H3,(H,26,29). The number of benzene rings is 2. The summed E-state index contributed by atoms with van der Waals surface area (Å²) in [6.45, 7) is 1.75. The van der Waals surface area contributed by atoms with Crippen LogP contribution in [0.15, 0.2) is 36.4 Å². The molecule has 0 heterocycles. The van der Waals surface area contributed by atoms with Gasteiger partial charge in [-0.05, 0) is 25.7 Å². The summed E-state index contributed by atoms with van der Waals surface area (Å²) in [5.41, 5.74) is 0.631. The smallest absolute Gasteiger partial charge is 0.328 e. The number of likely N-dealkylation sites (N-methyl/N-ethyl adjacent to an activating group) is 1. The van der Waals surface area contributed by atoms with Crippen molar-refractivity contribution >= 4 is 35.1 Å². The minimum absolute atomic E-state index is 0.0360. The van der Waals surface area contributed by atoms with Crippen LogP contribution in [0.25, 0.3) is 0 Å². The van der Waals surface area contributed by atoms with Gasteiger partial charge in [-0.1, -0.05) is 53.5 Å². The Morgan fingerprint density at radius 3 is 2.45 bits per heavy atom. The van der Waals surface area contributed by atoms with E-state index in [9.17, 15) is 14.7 Å². The predicted octanol–water partition coefficient (Wildman–Crippen LogP) is 3.17. The third-order valence-corrected chi connectivity index (χ3v) is 5.26. The Hall–Kier alpha value is -2.52. The summed E-state index contributed by atoms with van der Waals surface area (Å²) in [7, 11) is 5.11. The van der Waals surface area contributed by atoms with Crippen LogP contribution in [-0.2, 0) is 20.7 Å². The van der Waals surface area contributed by atoms with E-state index in [2.05, 4.69) is 5.32 Å². The van der Waals surface area contributed by atoms with Gasteiger partial charge in [-0.3, -0.25) is 4.79 Å². The molecule has 10 heteroatoms. The number of amides is 1. The molecule has 0 aromatic heterocycles. The van der Waals surface area contributed by atoms with E-state index in [0.717, 1.165) is 12.1 Å². The zero-order valence-electron chi connectivity index (χ0n) is 18.8. The summed E-state index contributed by atoms with van der Waals surface area (Å²) >= 11 is 12.5. The van der Waals surface area contributed by atoms with Crippen molar-refractivity contribution < 1.29 is 28.9 Å². The number of halogens is 2. The van der Waals surface area contributed by atoms with Gasteiger partial charge < -0.3 is 29.5 Å². The van der Waals surface area contributed by atoms with E-state index >= 15 is 0 Å². The largest absolute Gasteiger partial charge is 0.505 e. The van der Waals surface area contributed by atoms with Gasteiger partial charge in [0.15, 0.2) is 11.5 Å². The molecule has 0 fully saturated rings. The molecule has 0 radical (unpaired) electrons. The molecule has 0 saturated heterocycles. The quantitative estimate of drug-likeness (QED) is 0.342. The van der Waals surface area contributed by atoms with E-state index < -0.39 is 23.7 Å². The van der Waals surface area contributed by atoms with Crippen LogP contribution in [0.5, 0.6) is 11.5 Å². The van der Waals surface area contributed by atoms with E-state index in [1.54, 1.807) is 0 Å². The summed E-state index contributed by atoms with van der Waals surface area (Å²) in [5, 5.41) is 12.9. The molecule has 2 rings (SSSR count). The maximum absolute atomic E-state index is 12.8. The fraction of sp³-hybridized carbons (Fsp3) is 0.391. The monoisotopic (exact) mass is 498 g/mol. The number of carbonyl (C=O) groups excluding carboxylic acids is 2. The normalized spacial score (nSPS) is 11.8. The molecule has 0 bridgehead atoms. The molecule has 8 nitrogen and oxygen atoms in total. The van der Waals surface area contributed by atoms with Crippen molar-refractivity contribution in [3.8, 4) is 11.5 Å². The van der Waals surface area contributed by atoms with Crippen molar-refractivity contribution in [2.75, 3.05) is 47.6 Å². The molecule has 0 aliphatic rings. The average Bonchev–Trinajstić information content (AvgIpc) is 2.79. The van der Waals surface area contributed by atoms with E-state index in [0.29, 0.717) is 13.2 Å². The molecule has 0 aliphatic carbocycles. The number of methoxy groups -OCH3 is 1. The first kappa shape index (κ1) is 26.7. The van der Waals surface area contributed by atoms with Crippen molar-refractivity contribution in [1.82, 2.24) is 10.2 Å². The zero-order chi connectivity index (χ0) is 24.4. The van der Waals surface area contributed by atoms with Crippen LogP contribution < -0.4 is 10.1 Å². The van der Waals surface area contributed by atoms with E-state index in [4.69, 9.17) is 37.4 Å². The molecule has 2 aromatic rings. The first-order chi connectivity index (χ1) is 15.7. The van der Waals surface area contributed by atoms with Crippen LogP contribution in [0.3, 0.4) is 0 Å². The van der Waals surface area contributed by atoms with Gasteiger partial charge in [-0.15, -0.1) is 0 Å². The van der Waals surface area contributed by atoms with Gasteiger partial charge in [-0.25, -0.2) is 4.79 Å². The second-order valence-electron chi connectivity index (χ2n) is 7.40. The van der Waals surface area contributed by atoms with Crippen molar-refractivity contribution in [1.29, 1.82) is 0 Å². The number of phenolic OH excluding ortho intramolecular Hbond substituents is 1. The molecular weight excluding hydrogens is 471 g/mol. The van der Waals surface area contributed by atoms with E-state index in [1.165, 1.54) is 13.2 Å². The fourth-order valence-electron chi connectivity index (χ4n) is 2.87. The highest BCUT2D eigenvalue weighted by Gasteiger charge is 2.26. The van der Waals surface area contributed by atoms with Gasteiger partial charge in [0.25, 0.3) is 5.91 Å². The average molecular weight is 499 g/mol. The Morgan fingerprint density at radius 2 is 1.82 bits per heavy atom. The fourth-order valence-corrected chi connectivity index (χ4v) is 3.43. The Balaban J connectivity index is 2.08. The van der Waals surface area contributed by atoms with Gasteiger partial charge >= 0.3 is 5.97 Å². The van der Waals surface area contributed by atoms with Crippen LogP contribution in [0.2, 0.25) is 10.0 Å². The zero-order valence-corrected chi connectivity index (χ0v) is 20.3. The third kappa shape index (κ3) is 8.08. The topological polar surface area (TPSA) is 97.3 Å². The summed E-state index contributed by atoms with van der Waals surface area (Å²) in [6.07, 6.45) is 0.205. The van der Waals surface area contributed by atoms with Gasteiger partial charge in [0.2, 0.25) is 0 Å². The summed E-state index contributed by atoms with van der Waals surface area (Å²) < 4.78 is 15.8. The second kappa shape index (κ2) is 13.3. The molecule has 180 valence electrons. The second-order valence-corrected chi connectivity index (χ2v) is 8.19. The molecule has 2 aromatic carbocycles. The van der Waals surface area contributed by atoms with Gasteiger partial charge in [0.05, 0.1) is 30.9 Å².